The molecule has 4 nitrogen and oxygen atoms in total. The molecule has 4 heteroatoms. The third-order valence-electron chi connectivity index (χ3n) is 5.19. The quantitative estimate of drug-likeness (QED) is 0.719. The maximum atomic E-state index is 12.6. The Balaban J connectivity index is 1.69. The van der Waals surface area contributed by atoms with Gasteiger partial charge in [-0.1, -0.05) is 24.3 Å². The van der Waals surface area contributed by atoms with Crippen molar-refractivity contribution in [3.05, 3.63) is 88.0 Å². The number of benzene rings is 2. The highest BCUT2D eigenvalue weighted by atomic mass is 16.1. The summed E-state index contributed by atoms with van der Waals surface area (Å²) in [5.74, 6) is 0.930. The number of aryl methyl sites for hydroxylation is 4. The molecule has 0 saturated carbocycles. The summed E-state index contributed by atoms with van der Waals surface area (Å²) in [5.41, 5.74) is 6.71. The van der Waals surface area contributed by atoms with Gasteiger partial charge in [-0.25, -0.2) is 4.98 Å². The highest BCUT2D eigenvalue weighted by molar-refractivity contribution is 5.94. The van der Waals surface area contributed by atoms with Gasteiger partial charge in [0.1, 0.15) is 5.82 Å². The normalized spacial score (nSPS) is 12.0. The van der Waals surface area contributed by atoms with Gasteiger partial charge in [-0.3, -0.25) is 4.79 Å². The van der Waals surface area contributed by atoms with Crippen molar-refractivity contribution >= 4 is 5.91 Å². The summed E-state index contributed by atoms with van der Waals surface area (Å²) in [5, 5.41) is 3.12. The molecule has 1 N–H and O–H groups in total. The Kier molecular flexibility index (Phi) is 5.45. The van der Waals surface area contributed by atoms with Crippen LogP contribution in [-0.4, -0.2) is 15.5 Å². The van der Waals surface area contributed by atoms with E-state index in [1.54, 1.807) is 6.20 Å². The fourth-order valence-corrected chi connectivity index (χ4v) is 3.34. The van der Waals surface area contributed by atoms with E-state index in [2.05, 4.69) is 47.8 Å². The first kappa shape index (κ1) is 18.9. The molecule has 140 valence electrons. The summed E-state index contributed by atoms with van der Waals surface area (Å²) in [6.45, 7) is 11.1. The summed E-state index contributed by atoms with van der Waals surface area (Å²) in [7, 11) is 0. The Morgan fingerprint density at radius 2 is 1.70 bits per heavy atom. The van der Waals surface area contributed by atoms with E-state index in [1.807, 2.05) is 44.3 Å². The van der Waals surface area contributed by atoms with Crippen LogP contribution < -0.4 is 5.32 Å². The second kappa shape index (κ2) is 7.78. The number of hydrogen-bond donors (Lipinski definition) is 1. The standard InChI is InChI=1S/C23H27N3O/c1-15-12-17(3)22(13-16(15)2)18(4)25-23(27)21-8-6-20(7-9-21)14-26-11-10-24-19(26)5/h6-13,18H,14H2,1-5H3,(H,25,27). The second-order valence-electron chi connectivity index (χ2n) is 7.29. The Morgan fingerprint density at radius 1 is 1.04 bits per heavy atom. The number of aromatic nitrogens is 2. The molecule has 3 aromatic rings. The lowest BCUT2D eigenvalue weighted by Gasteiger charge is -2.18. The molecular weight excluding hydrogens is 334 g/mol. The van der Waals surface area contributed by atoms with Gasteiger partial charge in [0.25, 0.3) is 5.91 Å². The largest absolute Gasteiger partial charge is 0.346 e. The fraction of sp³-hybridized carbons (Fsp3) is 0.304. The Labute approximate surface area is 161 Å². The van der Waals surface area contributed by atoms with Crippen molar-refractivity contribution in [1.82, 2.24) is 14.9 Å². The van der Waals surface area contributed by atoms with Crippen LogP contribution in [0.3, 0.4) is 0 Å². The molecule has 2 aromatic carbocycles. The number of carbonyl (C=O) groups is 1. The molecule has 0 radical (unpaired) electrons. The van der Waals surface area contributed by atoms with E-state index in [1.165, 1.54) is 22.3 Å². The Hall–Kier alpha value is -2.88. The molecule has 0 saturated heterocycles. The maximum absolute atomic E-state index is 12.6. The van der Waals surface area contributed by atoms with E-state index >= 15 is 0 Å². The minimum Gasteiger partial charge on any atom is -0.346 e. The summed E-state index contributed by atoms with van der Waals surface area (Å²) in [6, 6.07) is 12.1. The summed E-state index contributed by atoms with van der Waals surface area (Å²) >= 11 is 0. The van der Waals surface area contributed by atoms with Gasteiger partial charge in [0.05, 0.1) is 6.04 Å². The molecule has 0 fully saturated rings. The van der Waals surface area contributed by atoms with Crippen molar-refractivity contribution in [2.75, 3.05) is 0 Å². The molecule has 0 aliphatic heterocycles. The number of nitrogens with zero attached hydrogens (tertiary/aromatic N) is 2. The van der Waals surface area contributed by atoms with Crippen molar-refractivity contribution < 1.29 is 4.79 Å². The van der Waals surface area contributed by atoms with Crippen LogP contribution in [-0.2, 0) is 6.54 Å². The maximum Gasteiger partial charge on any atom is 0.251 e. The first-order chi connectivity index (χ1) is 12.8. The van der Waals surface area contributed by atoms with Crippen LogP contribution >= 0.6 is 0 Å². The predicted molar refractivity (Wildman–Crippen MR) is 109 cm³/mol. The van der Waals surface area contributed by atoms with Gasteiger partial charge >= 0.3 is 0 Å². The molecule has 1 aromatic heterocycles. The molecule has 1 atom stereocenters. The number of hydrogen-bond acceptors (Lipinski definition) is 2. The molecule has 0 bridgehead atoms. The van der Waals surface area contributed by atoms with Crippen molar-refractivity contribution in [3.63, 3.8) is 0 Å². The minimum atomic E-state index is -0.0505. The van der Waals surface area contributed by atoms with Crippen LogP contribution in [0.2, 0.25) is 0 Å². The van der Waals surface area contributed by atoms with Gasteiger partial charge in [0.15, 0.2) is 0 Å². The van der Waals surface area contributed by atoms with Crippen LogP contribution in [0.5, 0.6) is 0 Å². The Bertz CT molecular complexity index is 954. The lowest BCUT2D eigenvalue weighted by molar-refractivity contribution is 0.0940. The number of rotatable bonds is 5. The zero-order chi connectivity index (χ0) is 19.6. The van der Waals surface area contributed by atoms with Crippen LogP contribution in [0.25, 0.3) is 0 Å². The summed E-state index contributed by atoms with van der Waals surface area (Å²) in [6.07, 6.45) is 3.76. The first-order valence-electron chi connectivity index (χ1n) is 9.30. The van der Waals surface area contributed by atoms with Gasteiger partial charge in [0.2, 0.25) is 0 Å². The number of carbonyl (C=O) groups excluding carboxylic acids is 1. The molecular formula is C23H27N3O. The fourth-order valence-electron chi connectivity index (χ4n) is 3.34. The molecule has 0 aliphatic rings. The van der Waals surface area contributed by atoms with Gasteiger partial charge < -0.3 is 9.88 Å². The van der Waals surface area contributed by atoms with Gasteiger partial charge in [-0.05, 0) is 74.6 Å². The molecule has 1 unspecified atom stereocenters. The molecule has 27 heavy (non-hydrogen) atoms. The number of imidazole rings is 1. The predicted octanol–water partition coefficient (Wildman–Crippen LogP) is 4.66. The summed E-state index contributed by atoms with van der Waals surface area (Å²) < 4.78 is 2.08. The van der Waals surface area contributed by atoms with E-state index in [-0.39, 0.29) is 11.9 Å². The number of nitrogens with one attached hydrogen (secondary N) is 1. The zero-order valence-corrected chi connectivity index (χ0v) is 16.7. The average Bonchev–Trinajstić information content (AvgIpc) is 3.03. The lowest BCUT2D eigenvalue weighted by Crippen LogP contribution is -2.27. The zero-order valence-electron chi connectivity index (χ0n) is 16.7. The van der Waals surface area contributed by atoms with E-state index in [9.17, 15) is 4.79 Å². The van der Waals surface area contributed by atoms with Crippen molar-refractivity contribution in [3.8, 4) is 0 Å². The molecule has 0 aliphatic carbocycles. The molecule has 0 spiro atoms. The SMILES string of the molecule is Cc1cc(C)c(C(C)NC(=O)c2ccc(Cn3ccnc3C)cc2)cc1C. The van der Waals surface area contributed by atoms with Crippen LogP contribution in [0, 0.1) is 27.7 Å². The lowest BCUT2D eigenvalue weighted by atomic mass is 9.96. The van der Waals surface area contributed by atoms with Crippen LogP contribution in [0.1, 0.15) is 57.0 Å². The highest BCUT2D eigenvalue weighted by Gasteiger charge is 2.14. The van der Waals surface area contributed by atoms with E-state index < -0.39 is 0 Å². The van der Waals surface area contributed by atoms with E-state index in [4.69, 9.17) is 0 Å². The first-order valence-corrected chi connectivity index (χ1v) is 9.30. The van der Waals surface area contributed by atoms with Gasteiger partial charge in [-0.2, -0.15) is 0 Å². The second-order valence-corrected chi connectivity index (χ2v) is 7.29. The van der Waals surface area contributed by atoms with Crippen molar-refractivity contribution in [1.29, 1.82) is 0 Å². The smallest absolute Gasteiger partial charge is 0.251 e. The monoisotopic (exact) mass is 361 g/mol. The third kappa shape index (κ3) is 4.27. The van der Waals surface area contributed by atoms with Gasteiger partial charge in [-0.15, -0.1) is 0 Å². The molecule has 1 heterocycles. The highest BCUT2D eigenvalue weighted by Crippen LogP contribution is 2.22. The topological polar surface area (TPSA) is 46.9 Å². The summed E-state index contributed by atoms with van der Waals surface area (Å²) in [4.78, 5) is 16.9. The van der Waals surface area contributed by atoms with Crippen molar-refractivity contribution in [2.24, 2.45) is 0 Å². The molecule has 1 amide bonds. The number of amides is 1. The molecule has 3 rings (SSSR count). The van der Waals surface area contributed by atoms with Crippen LogP contribution in [0.15, 0.2) is 48.8 Å². The van der Waals surface area contributed by atoms with Crippen molar-refractivity contribution in [2.45, 2.75) is 47.2 Å². The average molecular weight is 361 g/mol. The van der Waals surface area contributed by atoms with E-state index in [0.29, 0.717) is 5.56 Å². The van der Waals surface area contributed by atoms with E-state index in [0.717, 1.165) is 17.9 Å². The minimum absolute atomic E-state index is 0.0370. The third-order valence-corrected chi connectivity index (χ3v) is 5.19. The Morgan fingerprint density at radius 3 is 2.33 bits per heavy atom. The van der Waals surface area contributed by atoms with Crippen LogP contribution in [0.4, 0.5) is 0 Å². The van der Waals surface area contributed by atoms with Gasteiger partial charge in [0, 0.05) is 24.5 Å².